The topological polar surface area (TPSA) is 62.0 Å². The second-order valence-electron chi connectivity index (χ2n) is 5.69. The molecule has 1 heterocycles. The van der Waals surface area contributed by atoms with E-state index in [1.54, 1.807) is 6.07 Å². The molecule has 0 saturated heterocycles. The molecule has 0 aliphatic heterocycles. The number of hydrogen-bond acceptors (Lipinski definition) is 2. The van der Waals surface area contributed by atoms with Gasteiger partial charge in [-0.2, -0.15) is 0 Å². The van der Waals surface area contributed by atoms with Crippen molar-refractivity contribution in [3.05, 3.63) is 64.1 Å². The SMILES string of the molecule is CC(C)(C)c1ccccc1NC(=O)c1cc[nH]c(=O)c1. The van der Waals surface area contributed by atoms with Gasteiger partial charge in [0.2, 0.25) is 5.56 Å². The van der Waals surface area contributed by atoms with E-state index < -0.39 is 0 Å². The molecule has 1 amide bonds. The van der Waals surface area contributed by atoms with Crippen LogP contribution < -0.4 is 10.9 Å². The van der Waals surface area contributed by atoms with Crippen LogP contribution in [0.5, 0.6) is 0 Å². The lowest BCUT2D eigenvalue weighted by atomic mass is 9.86. The summed E-state index contributed by atoms with van der Waals surface area (Å²) in [5.41, 5.74) is 1.81. The third kappa shape index (κ3) is 3.15. The van der Waals surface area contributed by atoms with E-state index >= 15 is 0 Å². The molecule has 1 aromatic heterocycles. The number of rotatable bonds is 2. The fourth-order valence-electron chi connectivity index (χ4n) is 2.03. The standard InChI is InChI=1S/C16H18N2O2/c1-16(2,3)12-6-4-5-7-13(12)18-15(20)11-8-9-17-14(19)10-11/h4-10H,1-3H3,(H,17,19)(H,18,20). The lowest BCUT2D eigenvalue weighted by molar-refractivity contribution is 0.102. The van der Waals surface area contributed by atoms with Gasteiger partial charge in [-0.25, -0.2) is 0 Å². The highest BCUT2D eigenvalue weighted by molar-refractivity contribution is 6.04. The van der Waals surface area contributed by atoms with Crippen LogP contribution in [0.1, 0.15) is 36.7 Å². The van der Waals surface area contributed by atoms with E-state index in [1.165, 1.54) is 12.3 Å². The highest BCUT2D eigenvalue weighted by Gasteiger charge is 2.18. The minimum Gasteiger partial charge on any atom is -0.329 e. The number of H-pyrrole nitrogens is 1. The third-order valence-corrected chi connectivity index (χ3v) is 3.02. The van der Waals surface area contributed by atoms with Gasteiger partial charge in [0.15, 0.2) is 0 Å². The Balaban J connectivity index is 2.31. The van der Waals surface area contributed by atoms with E-state index in [1.807, 2.05) is 24.3 Å². The summed E-state index contributed by atoms with van der Waals surface area (Å²) in [7, 11) is 0. The van der Waals surface area contributed by atoms with Crippen LogP contribution in [0.2, 0.25) is 0 Å². The molecule has 0 unspecified atom stereocenters. The number of nitrogens with one attached hydrogen (secondary N) is 2. The van der Waals surface area contributed by atoms with Crippen molar-refractivity contribution < 1.29 is 4.79 Å². The highest BCUT2D eigenvalue weighted by atomic mass is 16.2. The molecule has 0 atom stereocenters. The Bertz CT molecular complexity index is 681. The van der Waals surface area contributed by atoms with Crippen molar-refractivity contribution in [3.8, 4) is 0 Å². The summed E-state index contributed by atoms with van der Waals surface area (Å²) in [6.07, 6.45) is 1.47. The van der Waals surface area contributed by atoms with E-state index in [2.05, 4.69) is 31.1 Å². The van der Waals surface area contributed by atoms with Gasteiger partial charge in [-0.1, -0.05) is 39.0 Å². The van der Waals surface area contributed by atoms with Crippen LogP contribution in [-0.2, 0) is 5.41 Å². The molecule has 4 nitrogen and oxygen atoms in total. The van der Waals surface area contributed by atoms with Gasteiger partial charge in [-0.15, -0.1) is 0 Å². The number of aromatic amines is 1. The minimum absolute atomic E-state index is 0.0714. The van der Waals surface area contributed by atoms with Crippen LogP contribution >= 0.6 is 0 Å². The smallest absolute Gasteiger partial charge is 0.255 e. The molecular formula is C16H18N2O2. The first-order chi connectivity index (χ1) is 9.38. The van der Waals surface area contributed by atoms with Crippen molar-refractivity contribution in [2.75, 3.05) is 5.32 Å². The zero-order valence-electron chi connectivity index (χ0n) is 11.9. The molecule has 1 aromatic carbocycles. The van der Waals surface area contributed by atoms with Gasteiger partial charge in [-0.05, 0) is 23.1 Å². The van der Waals surface area contributed by atoms with E-state index in [0.29, 0.717) is 5.56 Å². The number of anilines is 1. The Kier molecular flexibility index (Phi) is 3.74. The average molecular weight is 270 g/mol. The molecule has 2 aromatic rings. The molecule has 104 valence electrons. The molecule has 4 heteroatoms. The molecule has 0 radical (unpaired) electrons. The van der Waals surface area contributed by atoms with Crippen LogP contribution in [0.25, 0.3) is 0 Å². The van der Waals surface area contributed by atoms with Crippen molar-refractivity contribution >= 4 is 11.6 Å². The summed E-state index contributed by atoms with van der Waals surface area (Å²) in [6.45, 7) is 6.27. The summed E-state index contributed by atoms with van der Waals surface area (Å²) in [5.74, 6) is -0.284. The molecule has 0 aliphatic carbocycles. The summed E-state index contributed by atoms with van der Waals surface area (Å²) in [5, 5.41) is 2.87. The predicted octanol–water partition coefficient (Wildman–Crippen LogP) is 2.92. The quantitative estimate of drug-likeness (QED) is 0.881. The number of pyridine rings is 1. The molecule has 0 bridgehead atoms. The maximum Gasteiger partial charge on any atom is 0.255 e. The molecule has 0 fully saturated rings. The first kappa shape index (κ1) is 14.1. The largest absolute Gasteiger partial charge is 0.329 e. The van der Waals surface area contributed by atoms with Crippen LogP contribution in [0.15, 0.2) is 47.4 Å². The summed E-state index contributed by atoms with van der Waals surface area (Å²) < 4.78 is 0. The Morgan fingerprint density at radius 2 is 1.85 bits per heavy atom. The molecule has 0 spiro atoms. The zero-order chi connectivity index (χ0) is 14.8. The monoisotopic (exact) mass is 270 g/mol. The molecule has 2 N–H and O–H groups in total. The Hall–Kier alpha value is -2.36. The van der Waals surface area contributed by atoms with Crippen LogP contribution in [-0.4, -0.2) is 10.9 Å². The third-order valence-electron chi connectivity index (χ3n) is 3.02. The van der Waals surface area contributed by atoms with Crippen molar-refractivity contribution in [2.45, 2.75) is 26.2 Å². The average Bonchev–Trinajstić information content (AvgIpc) is 2.38. The zero-order valence-corrected chi connectivity index (χ0v) is 11.9. The van der Waals surface area contributed by atoms with E-state index in [0.717, 1.165) is 11.3 Å². The van der Waals surface area contributed by atoms with Crippen molar-refractivity contribution in [2.24, 2.45) is 0 Å². The fraction of sp³-hybridized carbons (Fsp3) is 0.250. The number of amides is 1. The normalized spacial score (nSPS) is 11.2. The molecule has 2 rings (SSSR count). The molecular weight excluding hydrogens is 252 g/mol. The van der Waals surface area contributed by atoms with E-state index in [9.17, 15) is 9.59 Å². The fourth-order valence-corrected chi connectivity index (χ4v) is 2.03. The van der Waals surface area contributed by atoms with Crippen LogP contribution in [0.3, 0.4) is 0 Å². The first-order valence-electron chi connectivity index (χ1n) is 6.47. The van der Waals surface area contributed by atoms with Crippen molar-refractivity contribution in [3.63, 3.8) is 0 Å². The summed E-state index contributed by atoms with van der Waals surface area (Å²) in [4.78, 5) is 25.9. The lowest BCUT2D eigenvalue weighted by Crippen LogP contribution is -2.20. The number of benzene rings is 1. The summed E-state index contributed by atoms with van der Waals surface area (Å²) >= 11 is 0. The Morgan fingerprint density at radius 3 is 2.50 bits per heavy atom. The van der Waals surface area contributed by atoms with Crippen molar-refractivity contribution in [1.82, 2.24) is 4.98 Å². The number of hydrogen-bond donors (Lipinski definition) is 2. The highest BCUT2D eigenvalue weighted by Crippen LogP contribution is 2.29. The predicted molar refractivity (Wildman–Crippen MR) is 80.2 cm³/mol. The minimum atomic E-state index is -0.290. The number of carbonyl (C=O) groups is 1. The second kappa shape index (κ2) is 5.33. The van der Waals surface area contributed by atoms with Gasteiger partial charge in [0.1, 0.15) is 0 Å². The maximum absolute atomic E-state index is 12.2. The lowest BCUT2D eigenvalue weighted by Gasteiger charge is -2.23. The first-order valence-corrected chi connectivity index (χ1v) is 6.47. The Morgan fingerprint density at radius 1 is 1.15 bits per heavy atom. The van der Waals surface area contributed by atoms with Gasteiger partial charge in [0.05, 0.1) is 0 Å². The van der Waals surface area contributed by atoms with Gasteiger partial charge < -0.3 is 10.3 Å². The number of para-hydroxylation sites is 1. The van der Waals surface area contributed by atoms with Gasteiger partial charge >= 0.3 is 0 Å². The van der Waals surface area contributed by atoms with Crippen molar-refractivity contribution in [1.29, 1.82) is 0 Å². The van der Waals surface area contributed by atoms with E-state index in [-0.39, 0.29) is 16.9 Å². The number of carbonyl (C=O) groups excluding carboxylic acids is 1. The Labute approximate surface area is 117 Å². The molecule has 0 saturated carbocycles. The maximum atomic E-state index is 12.2. The van der Waals surface area contributed by atoms with E-state index in [4.69, 9.17) is 0 Å². The van der Waals surface area contributed by atoms with Gasteiger partial charge in [-0.3, -0.25) is 9.59 Å². The van der Waals surface area contributed by atoms with Crippen LogP contribution in [0.4, 0.5) is 5.69 Å². The molecule has 0 aliphatic rings. The molecule has 20 heavy (non-hydrogen) atoms. The summed E-state index contributed by atoms with van der Waals surface area (Å²) in [6, 6.07) is 10.6. The van der Waals surface area contributed by atoms with Gasteiger partial charge in [0, 0.05) is 23.5 Å². The van der Waals surface area contributed by atoms with Crippen LogP contribution in [0, 0.1) is 0 Å². The number of aromatic nitrogens is 1. The van der Waals surface area contributed by atoms with Gasteiger partial charge in [0.25, 0.3) is 5.91 Å². The second-order valence-corrected chi connectivity index (χ2v) is 5.69.